The summed E-state index contributed by atoms with van der Waals surface area (Å²) in [5.41, 5.74) is -1.30. The van der Waals surface area contributed by atoms with Crippen LogP contribution in [0.25, 0.3) is 0 Å². The van der Waals surface area contributed by atoms with Crippen LogP contribution in [0.5, 0.6) is 0 Å². The molecule has 0 radical (unpaired) electrons. The molecule has 1 saturated heterocycles. The topological polar surface area (TPSA) is 39.2 Å². The molecule has 1 fully saturated rings. The minimum atomic E-state index is -4.54. The zero-order valence-corrected chi connectivity index (χ0v) is 9.54. The van der Waals surface area contributed by atoms with Gasteiger partial charge in [0.1, 0.15) is 0 Å². The van der Waals surface area contributed by atoms with Gasteiger partial charge in [0, 0.05) is 31.0 Å². The number of nitrogens with zero attached hydrogens (tertiary/aromatic N) is 1. The molecule has 3 nitrogen and oxygen atoms in total. The van der Waals surface area contributed by atoms with Gasteiger partial charge in [0.15, 0.2) is 5.78 Å². The molecule has 0 aliphatic carbocycles. The zero-order chi connectivity index (χ0) is 13.2. The van der Waals surface area contributed by atoms with E-state index < -0.39 is 17.5 Å². The van der Waals surface area contributed by atoms with Crippen LogP contribution < -0.4 is 0 Å². The van der Waals surface area contributed by atoms with Crippen molar-refractivity contribution in [1.82, 2.24) is 4.98 Å². The van der Waals surface area contributed by atoms with Crippen LogP contribution in [-0.4, -0.2) is 23.5 Å². The molecule has 18 heavy (non-hydrogen) atoms. The standard InChI is InChI=1S/C12H12F3NO2/c13-12(14,15)10-3-4-16-7-9(10)11(17)6-8-2-1-5-18-8/h3-4,7-8H,1-2,5-6H2. The first kappa shape index (κ1) is 13.0. The van der Waals surface area contributed by atoms with Crippen molar-refractivity contribution in [1.29, 1.82) is 0 Å². The molecule has 0 aromatic carbocycles. The van der Waals surface area contributed by atoms with E-state index in [1.54, 1.807) is 0 Å². The van der Waals surface area contributed by atoms with Gasteiger partial charge in [-0.1, -0.05) is 0 Å². The van der Waals surface area contributed by atoms with Gasteiger partial charge < -0.3 is 4.74 Å². The smallest absolute Gasteiger partial charge is 0.378 e. The SMILES string of the molecule is O=C(CC1CCCO1)c1cnccc1C(F)(F)F. The molecule has 1 aromatic rings. The second-order valence-electron chi connectivity index (χ2n) is 4.18. The van der Waals surface area contributed by atoms with E-state index in [1.807, 2.05) is 0 Å². The van der Waals surface area contributed by atoms with Crippen LogP contribution in [-0.2, 0) is 10.9 Å². The molecule has 1 aromatic heterocycles. The third-order valence-electron chi connectivity index (χ3n) is 2.86. The van der Waals surface area contributed by atoms with Crippen LogP contribution in [0.15, 0.2) is 18.5 Å². The molecule has 98 valence electrons. The summed E-state index contributed by atoms with van der Waals surface area (Å²) >= 11 is 0. The molecular weight excluding hydrogens is 247 g/mol. The second-order valence-corrected chi connectivity index (χ2v) is 4.18. The van der Waals surface area contributed by atoms with Crippen molar-refractivity contribution in [3.05, 3.63) is 29.6 Å². The molecule has 2 heterocycles. The minimum absolute atomic E-state index is 0.0191. The third-order valence-corrected chi connectivity index (χ3v) is 2.86. The van der Waals surface area contributed by atoms with E-state index in [-0.39, 0.29) is 18.1 Å². The Morgan fingerprint density at radius 3 is 2.89 bits per heavy atom. The molecule has 0 spiro atoms. The van der Waals surface area contributed by atoms with Gasteiger partial charge in [0.2, 0.25) is 0 Å². The lowest BCUT2D eigenvalue weighted by Crippen LogP contribution is -2.18. The number of hydrogen-bond acceptors (Lipinski definition) is 3. The Hall–Kier alpha value is -1.43. The molecular formula is C12H12F3NO2. The maximum absolute atomic E-state index is 12.7. The minimum Gasteiger partial charge on any atom is -0.378 e. The molecule has 1 unspecified atom stereocenters. The fraction of sp³-hybridized carbons (Fsp3) is 0.500. The average Bonchev–Trinajstić information content (AvgIpc) is 2.80. The first-order valence-electron chi connectivity index (χ1n) is 5.64. The second kappa shape index (κ2) is 5.06. The molecule has 1 aliphatic heterocycles. The van der Waals surface area contributed by atoms with E-state index in [9.17, 15) is 18.0 Å². The predicted molar refractivity (Wildman–Crippen MR) is 57.2 cm³/mol. The molecule has 6 heteroatoms. The Morgan fingerprint density at radius 2 is 2.28 bits per heavy atom. The van der Waals surface area contributed by atoms with Gasteiger partial charge in [-0.05, 0) is 18.9 Å². The van der Waals surface area contributed by atoms with Crippen molar-refractivity contribution in [3.8, 4) is 0 Å². The number of aromatic nitrogens is 1. The van der Waals surface area contributed by atoms with Crippen molar-refractivity contribution in [2.45, 2.75) is 31.5 Å². The highest BCUT2D eigenvalue weighted by Crippen LogP contribution is 2.32. The Bertz CT molecular complexity index is 439. The van der Waals surface area contributed by atoms with Gasteiger partial charge in [-0.2, -0.15) is 13.2 Å². The maximum atomic E-state index is 12.7. The Morgan fingerprint density at radius 1 is 1.50 bits per heavy atom. The van der Waals surface area contributed by atoms with Gasteiger partial charge in [0.05, 0.1) is 11.7 Å². The Balaban J connectivity index is 2.19. The van der Waals surface area contributed by atoms with Crippen LogP contribution in [0.1, 0.15) is 35.2 Å². The highest BCUT2D eigenvalue weighted by atomic mass is 19.4. The van der Waals surface area contributed by atoms with E-state index in [0.717, 1.165) is 24.9 Å². The van der Waals surface area contributed by atoms with E-state index in [4.69, 9.17) is 4.74 Å². The highest BCUT2D eigenvalue weighted by molar-refractivity contribution is 5.97. The van der Waals surface area contributed by atoms with E-state index in [2.05, 4.69) is 4.98 Å². The van der Waals surface area contributed by atoms with Crippen molar-refractivity contribution in [2.24, 2.45) is 0 Å². The number of carbonyl (C=O) groups is 1. The lowest BCUT2D eigenvalue weighted by Gasteiger charge is -2.13. The highest BCUT2D eigenvalue weighted by Gasteiger charge is 2.35. The molecule has 2 rings (SSSR count). The normalized spacial score (nSPS) is 20.1. The van der Waals surface area contributed by atoms with Gasteiger partial charge in [0.25, 0.3) is 0 Å². The zero-order valence-electron chi connectivity index (χ0n) is 9.54. The summed E-state index contributed by atoms with van der Waals surface area (Å²) in [4.78, 5) is 15.4. The average molecular weight is 259 g/mol. The molecule has 1 aliphatic rings. The number of halogens is 3. The van der Waals surface area contributed by atoms with Crippen LogP contribution in [0.4, 0.5) is 13.2 Å². The van der Waals surface area contributed by atoms with Crippen molar-refractivity contribution in [2.75, 3.05) is 6.61 Å². The number of rotatable bonds is 3. The fourth-order valence-corrected chi connectivity index (χ4v) is 1.99. The molecule has 0 amide bonds. The van der Waals surface area contributed by atoms with Crippen molar-refractivity contribution < 1.29 is 22.7 Å². The monoisotopic (exact) mass is 259 g/mol. The first-order chi connectivity index (χ1) is 8.48. The lowest BCUT2D eigenvalue weighted by molar-refractivity contribution is -0.138. The molecule has 0 saturated carbocycles. The number of ketones is 1. The largest absolute Gasteiger partial charge is 0.417 e. The number of Topliss-reactive ketones (excluding diaryl/α,β-unsaturated/α-hetero) is 1. The summed E-state index contributed by atoms with van der Waals surface area (Å²) in [7, 11) is 0. The summed E-state index contributed by atoms with van der Waals surface area (Å²) in [6.45, 7) is 0.567. The number of carbonyl (C=O) groups excluding carboxylic acids is 1. The Labute approximate surface area is 102 Å². The Kier molecular flexibility index (Phi) is 3.65. The van der Waals surface area contributed by atoms with Gasteiger partial charge >= 0.3 is 6.18 Å². The van der Waals surface area contributed by atoms with E-state index in [1.165, 1.54) is 0 Å². The number of hydrogen-bond donors (Lipinski definition) is 0. The van der Waals surface area contributed by atoms with Crippen molar-refractivity contribution >= 4 is 5.78 Å². The van der Waals surface area contributed by atoms with Crippen LogP contribution in [0.2, 0.25) is 0 Å². The molecule has 0 bridgehead atoms. The first-order valence-corrected chi connectivity index (χ1v) is 5.64. The van der Waals surface area contributed by atoms with E-state index in [0.29, 0.717) is 13.0 Å². The fourth-order valence-electron chi connectivity index (χ4n) is 1.99. The quantitative estimate of drug-likeness (QED) is 0.783. The third kappa shape index (κ3) is 2.87. The van der Waals surface area contributed by atoms with Crippen LogP contribution in [0, 0.1) is 0 Å². The summed E-state index contributed by atoms with van der Waals surface area (Å²) in [6.07, 6.45) is -1.26. The summed E-state index contributed by atoms with van der Waals surface area (Å²) < 4.78 is 43.4. The van der Waals surface area contributed by atoms with Gasteiger partial charge in [-0.15, -0.1) is 0 Å². The summed E-state index contributed by atoms with van der Waals surface area (Å²) in [5.74, 6) is -0.567. The van der Waals surface area contributed by atoms with Crippen LogP contribution in [0.3, 0.4) is 0 Å². The predicted octanol–water partition coefficient (Wildman–Crippen LogP) is 2.85. The number of ether oxygens (including phenoxy) is 1. The number of pyridine rings is 1. The van der Waals surface area contributed by atoms with E-state index >= 15 is 0 Å². The summed E-state index contributed by atoms with van der Waals surface area (Å²) in [6, 6.07) is 0.822. The van der Waals surface area contributed by atoms with Gasteiger partial charge in [-0.3, -0.25) is 9.78 Å². The van der Waals surface area contributed by atoms with Gasteiger partial charge in [-0.25, -0.2) is 0 Å². The maximum Gasteiger partial charge on any atom is 0.417 e. The molecule has 0 N–H and O–H groups in total. The number of alkyl halides is 3. The molecule has 1 atom stereocenters. The summed E-state index contributed by atoms with van der Waals surface area (Å²) in [5, 5.41) is 0. The lowest BCUT2D eigenvalue weighted by atomic mass is 10.0. The van der Waals surface area contributed by atoms with Crippen LogP contribution >= 0.6 is 0 Å². The van der Waals surface area contributed by atoms with Crippen molar-refractivity contribution in [3.63, 3.8) is 0 Å².